The van der Waals surface area contributed by atoms with Crippen LogP contribution >= 0.6 is 0 Å². The third-order valence-electron chi connectivity index (χ3n) is 3.77. The van der Waals surface area contributed by atoms with Gasteiger partial charge >= 0.3 is 0 Å². The fraction of sp³-hybridized carbons (Fsp3) is 0.867. The van der Waals surface area contributed by atoms with Gasteiger partial charge in [-0.05, 0) is 27.7 Å². The Bertz CT molecular complexity index is 407. The summed E-state index contributed by atoms with van der Waals surface area (Å²) in [6.45, 7) is 12.0. The number of rotatable bonds is 4. The first kappa shape index (κ1) is 15.4. The van der Waals surface area contributed by atoms with Crippen molar-refractivity contribution in [3.8, 4) is 0 Å². The lowest BCUT2D eigenvalue weighted by molar-refractivity contribution is -0.242. The summed E-state index contributed by atoms with van der Waals surface area (Å²) in [6, 6.07) is 0. The van der Waals surface area contributed by atoms with Crippen LogP contribution in [0, 0.1) is 0 Å². The summed E-state index contributed by atoms with van der Waals surface area (Å²) in [5.74, 6) is -1.35. The van der Waals surface area contributed by atoms with Crippen molar-refractivity contribution >= 4 is 0 Å². The summed E-state index contributed by atoms with van der Waals surface area (Å²) < 4.78 is 35.2. The molecule has 3 fully saturated rings. The molecule has 0 N–H and O–H groups in total. The highest BCUT2D eigenvalue weighted by Crippen LogP contribution is 2.44. The fourth-order valence-corrected chi connectivity index (χ4v) is 3.10. The van der Waals surface area contributed by atoms with E-state index in [2.05, 4.69) is 6.58 Å². The van der Waals surface area contributed by atoms with Gasteiger partial charge < -0.3 is 28.4 Å². The van der Waals surface area contributed by atoms with Gasteiger partial charge in [0.25, 0.3) is 0 Å². The van der Waals surface area contributed by atoms with E-state index in [1.54, 1.807) is 6.08 Å². The molecule has 21 heavy (non-hydrogen) atoms. The van der Waals surface area contributed by atoms with Gasteiger partial charge in [0.15, 0.2) is 17.9 Å². The zero-order valence-corrected chi connectivity index (χ0v) is 13.0. The molecule has 6 heteroatoms. The van der Waals surface area contributed by atoms with Gasteiger partial charge in [0.05, 0.1) is 13.2 Å². The number of hydrogen-bond acceptors (Lipinski definition) is 6. The van der Waals surface area contributed by atoms with Gasteiger partial charge in [-0.25, -0.2) is 0 Å². The van der Waals surface area contributed by atoms with E-state index in [1.807, 2.05) is 27.7 Å². The molecule has 0 aromatic heterocycles. The third kappa shape index (κ3) is 3.02. The topological polar surface area (TPSA) is 55.4 Å². The van der Waals surface area contributed by atoms with Gasteiger partial charge in [-0.2, -0.15) is 0 Å². The molecule has 120 valence electrons. The lowest BCUT2D eigenvalue weighted by atomic mass is 9.99. The first-order valence-corrected chi connectivity index (χ1v) is 7.37. The van der Waals surface area contributed by atoms with Crippen molar-refractivity contribution in [2.45, 2.75) is 70.0 Å². The van der Waals surface area contributed by atoms with Crippen LogP contribution in [0.25, 0.3) is 0 Å². The Morgan fingerprint density at radius 2 is 1.57 bits per heavy atom. The average Bonchev–Trinajstić information content (AvgIpc) is 2.84. The summed E-state index contributed by atoms with van der Waals surface area (Å²) in [4.78, 5) is 0. The Labute approximate surface area is 125 Å². The van der Waals surface area contributed by atoms with Gasteiger partial charge in [0.2, 0.25) is 0 Å². The fourth-order valence-electron chi connectivity index (χ4n) is 3.10. The number of hydrogen-bond donors (Lipinski definition) is 0. The van der Waals surface area contributed by atoms with E-state index < -0.39 is 17.9 Å². The zero-order valence-electron chi connectivity index (χ0n) is 13.0. The highest BCUT2D eigenvalue weighted by Gasteiger charge is 2.60. The first-order valence-electron chi connectivity index (χ1n) is 7.37. The average molecular weight is 300 g/mol. The van der Waals surface area contributed by atoms with E-state index in [1.165, 1.54) is 0 Å². The molecule has 0 aliphatic carbocycles. The predicted molar refractivity (Wildman–Crippen MR) is 73.5 cm³/mol. The molecule has 3 rings (SSSR count). The van der Waals surface area contributed by atoms with E-state index in [0.717, 1.165) is 0 Å². The normalized spacial score (nSPS) is 43.3. The van der Waals surface area contributed by atoms with Crippen molar-refractivity contribution < 1.29 is 28.4 Å². The minimum absolute atomic E-state index is 0.224. The summed E-state index contributed by atoms with van der Waals surface area (Å²) in [6.07, 6.45) is 0.243. The maximum Gasteiger partial charge on any atom is 0.190 e. The molecule has 3 unspecified atom stereocenters. The molecule has 0 aromatic carbocycles. The maximum atomic E-state index is 6.01. The molecule has 6 nitrogen and oxygen atoms in total. The molecule has 3 aliphatic heterocycles. The van der Waals surface area contributed by atoms with Crippen LogP contribution in [-0.2, 0) is 28.4 Å². The van der Waals surface area contributed by atoms with E-state index in [0.29, 0.717) is 13.2 Å². The molecule has 0 radical (unpaired) electrons. The lowest BCUT2D eigenvalue weighted by Gasteiger charge is -2.37. The Morgan fingerprint density at radius 1 is 0.952 bits per heavy atom. The standard InChI is InChI=1S/C15H24O6/c1-6-7-16-8-9-10-11(19-14(2,3)18-10)12-13(17-9)21-15(4,5)20-12/h6,9-13H,1,7-8H2,2-5H3/t9?,10-,11?,12?,13+/m0/s1. The van der Waals surface area contributed by atoms with Crippen molar-refractivity contribution in [3.63, 3.8) is 0 Å². The maximum absolute atomic E-state index is 6.01. The van der Waals surface area contributed by atoms with E-state index in [9.17, 15) is 0 Å². The van der Waals surface area contributed by atoms with Crippen LogP contribution < -0.4 is 0 Å². The Morgan fingerprint density at radius 3 is 2.29 bits per heavy atom. The molecule has 3 heterocycles. The van der Waals surface area contributed by atoms with Crippen molar-refractivity contribution in [3.05, 3.63) is 12.7 Å². The quantitative estimate of drug-likeness (QED) is 0.580. The Balaban J connectivity index is 1.76. The summed E-state index contributed by atoms with van der Waals surface area (Å²) in [5.41, 5.74) is 0. The van der Waals surface area contributed by atoms with E-state index in [4.69, 9.17) is 28.4 Å². The predicted octanol–water partition coefficient (Wildman–Crippen LogP) is 1.59. The van der Waals surface area contributed by atoms with Gasteiger partial charge in [0.1, 0.15) is 24.4 Å². The SMILES string of the molecule is C=CCOCC1O[C@@H]2OC(C)(C)OC2C2OC(C)(C)O[C@@H]12. The van der Waals surface area contributed by atoms with Gasteiger partial charge in [-0.3, -0.25) is 0 Å². The first-order chi connectivity index (χ1) is 9.81. The molecular formula is C15H24O6. The van der Waals surface area contributed by atoms with Crippen LogP contribution in [0.1, 0.15) is 27.7 Å². The van der Waals surface area contributed by atoms with Gasteiger partial charge in [-0.1, -0.05) is 6.08 Å². The monoisotopic (exact) mass is 300 g/mol. The summed E-state index contributed by atoms with van der Waals surface area (Å²) >= 11 is 0. The largest absolute Gasteiger partial charge is 0.375 e. The molecular weight excluding hydrogens is 276 g/mol. The van der Waals surface area contributed by atoms with E-state index >= 15 is 0 Å². The number of fused-ring (bicyclic) bond motifs is 3. The second-order valence-electron chi connectivity index (χ2n) is 6.53. The molecule has 5 atom stereocenters. The van der Waals surface area contributed by atoms with Crippen molar-refractivity contribution in [2.75, 3.05) is 13.2 Å². The summed E-state index contributed by atoms with van der Waals surface area (Å²) in [5, 5.41) is 0. The molecule has 0 saturated carbocycles. The molecule has 0 amide bonds. The van der Waals surface area contributed by atoms with Crippen molar-refractivity contribution in [1.29, 1.82) is 0 Å². The molecule has 3 saturated heterocycles. The number of ether oxygens (including phenoxy) is 6. The minimum atomic E-state index is -0.688. The smallest absolute Gasteiger partial charge is 0.190 e. The van der Waals surface area contributed by atoms with Crippen molar-refractivity contribution in [1.82, 2.24) is 0 Å². The minimum Gasteiger partial charge on any atom is -0.375 e. The van der Waals surface area contributed by atoms with Crippen LogP contribution in [0.15, 0.2) is 12.7 Å². The van der Waals surface area contributed by atoms with Crippen LogP contribution in [0.2, 0.25) is 0 Å². The van der Waals surface area contributed by atoms with Crippen LogP contribution in [-0.4, -0.2) is 55.5 Å². The van der Waals surface area contributed by atoms with Gasteiger partial charge in [-0.15, -0.1) is 6.58 Å². The van der Waals surface area contributed by atoms with E-state index in [-0.39, 0.29) is 24.4 Å². The molecule has 0 bridgehead atoms. The molecule has 0 spiro atoms. The highest BCUT2D eigenvalue weighted by atomic mass is 16.9. The molecule has 0 aromatic rings. The van der Waals surface area contributed by atoms with Crippen LogP contribution in [0.5, 0.6) is 0 Å². The Kier molecular flexibility index (Phi) is 3.88. The Hall–Kier alpha value is -0.500. The zero-order chi connectivity index (χ0) is 15.3. The third-order valence-corrected chi connectivity index (χ3v) is 3.77. The van der Waals surface area contributed by atoms with Crippen molar-refractivity contribution in [2.24, 2.45) is 0 Å². The highest BCUT2D eigenvalue weighted by molar-refractivity contribution is 5.00. The second-order valence-corrected chi connectivity index (χ2v) is 6.53. The van der Waals surface area contributed by atoms with Crippen LogP contribution in [0.4, 0.5) is 0 Å². The van der Waals surface area contributed by atoms with Gasteiger partial charge in [0, 0.05) is 0 Å². The lowest BCUT2D eigenvalue weighted by Crippen LogP contribution is -2.56. The van der Waals surface area contributed by atoms with Crippen LogP contribution in [0.3, 0.4) is 0 Å². The second kappa shape index (κ2) is 5.30. The summed E-state index contributed by atoms with van der Waals surface area (Å²) in [7, 11) is 0. The molecule has 3 aliphatic rings.